The Morgan fingerprint density at radius 2 is 1.75 bits per heavy atom. The molecule has 2 aromatic rings. The molecule has 0 saturated heterocycles. The Labute approximate surface area is 234 Å². The quantitative estimate of drug-likeness (QED) is 0.223. The summed E-state index contributed by atoms with van der Waals surface area (Å²) in [6, 6.07) is 12.6. The molecule has 4 unspecified atom stereocenters. The van der Waals surface area contributed by atoms with Crippen LogP contribution in [0.5, 0.6) is 5.75 Å². The van der Waals surface area contributed by atoms with Crippen molar-refractivity contribution in [2.24, 2.45) is 17.6 Å². The van der Waals surface area contributed by atoms with E-state index in [1.165, 1.54) is 22.7 Å². The van der Waals surface area contributed by atoms with Crippen molar-refractivity contribution in [3.63, 3.8) is 0 Å². The van der Waals surface area contributed by atoms with Crippen LogP contribution in [0.1, 0.15) is 28.8 Å². The number of amides is 1. The number of phenolic OH excluding ortho intramolecular Hbond substituents is 1. The summed E-state index contributed by atoms with van der Waals surface area (Å²) >= 11 is 1.43. The highest BCUT2D eigenvalue weighted by atomic mass is 32.2. The van der Waals surface area contributed by atoms with Gasteiger partial charge in [0.05, 0.1) is 23.6 Å². The van der Waals surface area contributed by atoms with Crippen LogP contribution in [0.2, 0.25) is 0 Å². The van der Waals surface area contributed by atoms with Crippen LogP contribution >= 0.6 is 11.8 Å². The molecule has 6 atom stereocenters. The summed E-state index contributed by atoms with van der Waals surface area (Å²) in [5.41, 5.74) is 1.47. The van der Waals surface area contributed by atoms with Crippen LogP contribution < -0.4 is 5.73 Å². The highest BCUT2D eigenvalue weighted by molar-refractivity contribution is 7.99. The van der Waals surface area contributed by atoms with Crippen LogP contribution in [0.4, 0.5) is 0 Å². The lowest BCUT2D eigenvalue weighted by atomic mass is 9.55. The maximum Gasteiger partial charge on any atom is 0.255 e. The fourth-order valence-electron chi connectivity index (χ4n) is 6.42. The zero-order valence-electron chi connectivity index (χ0n) is 21.8. The van der Waals surface area contributed by atoms with E-state index in [1.54, 1.807) is 26.1 Å². The lowest BCUT2D eigenvalue weighted by Gasteiger charge is -2.54. The van der Waals surface area contributed by atoms with Gasteiger partial charge in [-0.15, -0.1) is 11.8 Å². The van der Waals surface area contributed by atoms with Gasteiger partial charge in [0.2, 0.25) is 5.78 Å². The van der Waals surface area contributed by atoms with Crippen molar-refractivity contribution >= 4 is 29.2 Å². The van der Waals surface area contributed by atoms with Gasteiger partial charge in [-0.2, -0.15) is 0 Å². The standard InChI is InChI=1S/C29H30N2O8S/c1-3-31(2)22-21-24(34)18-15(12-40-13-8-5-4-6-9-13)14-10-7-11-16(32)17(14)23(33)19(18)26(36)29(21,39)27(37)20(25(22)35)28(30)38/h4-11,15,18,21-22,24,32,34-36,39H,3,12H2,1-2H3,(H2,30,38)/t15?,18?,21?,22-,24?,29-/m0/s1. The van der Waals surface area contributed by atoms with Crippen LogP contribution in [0.25, 0.3) is 0 Å². The van der Waals surface area contributed by atoms with Gasteiger partial charge in [-0.1, -0.05) is 37.3 Å². The van der Waals surface area contributed by atoms with E-state index in [2.05, 4.69) is 0 Å². The number of phenols is 1. The van der Waals surface area contributed by atoms with Crippen molar-refractivity contribution in [2.45, 2.75) is 35.5 Å². The number of benzene rings is 2. The summed E-state index contributed by atoms with van der Waals surface area (Å²) in [4.78, 5) is 42.1. The SMILES string of the molecule is CCN(C)[C@@H]1C(O)=C(C(N)=O)C(=O)[C@@]2(O)C(O)=C3C(=O)c4c(O)cccc4C(CSc4ccccc4)C3C(O)C12. The van der Waals surface area contributed by atoms with E-state index in [9.17, 15) is 39.9 Å². The maximum absolute atomic E-state index is 13.8. The number of hydrogen-bond acceptors (Lipinski definition) is 10. The molecule has 0 bridgehead atoms. The predicted molar refractivity (Wildman–Crippen MR) is 146 cm³/mol. The molecule has 11 heteroatoms. The number of carbonyl (C=O) groups excluding carboxylic acids is 3. The number of fused-ring (bicyclic) bond motifs is 3. The summed E-state index contributed by atoms with van der Waals surface area (Å²) in [6.45, 7) is 1.99. The minimum Gasteiger partial charge on any atom is -0.510 e. The Balaban J connectivity index is 1.76. The van der Waals surface area contributed by atoms with Crippen LogP contribution in [0.15, 0.2) is 76.1 Å². The van der Waals surface area contributed by atoms with Gasteiger partial charge in [0.15, 0.2) is 11.4 Å². The summed E-state index contributed by atoms with van der Waals surface area (Å²) in [6.07, 6.45) is -1.64. The van der Waals surface area contributed by atoms with Crippen LogP contribution in [-0.2, 0) is 9.59 Å². The molecule has 5 rings (SSSR count). The highest BCUT2D eigenvalue weighted by Crippen LogP contribution is 2.56. The van der Waals surface area contributed by atoms with Crippen molar-refractivity contribution in [1.29, 1.82) is 0 Å². The number of hydrogen-bond donors (Lipinski definition) is 6. The van der Waals surface area contributed by atoms with Gasteiger partial charge in [-0.3, -0.25) is 19.3 Å². The van der Waals surface area contributed by atoms with E-state index >= 15 is 0 Å². The van der Waals surface area contributed by atoms with E-state index in [0.717, 1.165) is 4.90 Å². The van der Waals surface area contributed by atoms with Gasteiger partial charge in [-0.05, 0) is 37.4 Å². The molecule has 0 spiro atoms. The average molecular weight is 567 g/mol. The second kappa shape index (κ2) is 10.1. The number of nitrogens with two attached hydrogens (primary N) is 1. The Kier molecular flexibility index (Phi) is 7.03. The molecule has 0 fully saturated rings. The highest BCUT2D eigenvalue weighted by Gasteiger charge is 2.67. The molecule has 0 aromatic heterocycles. The number of likely N-dealkylation sites (N-methyl/N-ethyl adjacent to an activating group) is 1. The molecule has 0 aliphatic heterocycles. The molecule has 7 N–H and O–H groups in total. The normalized spacial score (nSPS) is 29.8. The summed E-state index contributed by atoms with van der Waals surface area (Å²) in [5.74, 6) is -8.71. The molecular formula is C29H30N2O8S. The number of aliphatic hydroxyl groups excluding tert-OH is 3. The molecule has 10 nitrogen and oxygen atoms in total. The van der Waals surface area contributed by atoms with Gasteiger partial charge in [0.25, 0.3) is 5.91 Å². The molecule has 0 heterocycles. The number of thioether (sulfide) groups is 1. The third-order valence-corrected chi connectivity index (χ3v) is 9.52. The lowest BCUT2D eigenvalue weighted by molar-refractivity contribution is -0.162. The molecule has 0 radical (unpaired) electrons. The molecule has 210 valence electrons. The lowest BCUT2D eigenvalue weighted by Crippen LogP contribution is -2.69. The van der Waals surface area contributed by atoms with E-state index in [0.29, 0.717) is 11.3 Å². The second-order valence-corrected chi connectivity index (χ2v) is 11.4. The molecule has 1 amide bonds. The Morgan fingerprint density at radius 3 is 2.38 bits per heavy atom. The number of rotatable bonds is 6. The van der Waals surface area contributed by atoms with Gasteiger partial charge in [0, 0.05) is 28.1 Å². The smallest absolute Gasteiger partial charge is 0.255 e. The van der Waals surface area contributed by atoms with Crippen molar-refractivity contribution in [2.75, 3.05) is 19.3 Å². The van der Waals surface area contributed by atoms with E-state index in [1.807, 2.05) is 30.3 Å². The molecule has 40 heavy (non-hydrogen) atoms. The van der Waals surface area contributed by atoms with Crippen molar-refractivity contribution in [3.8, 4) is 5.75 Å². The Morgan fingerprint density at radius 1 is 1.07 bits per heavy atom. The number of Topliss-reactive ketones (excluding diaryl/α,β-unsaturated/α-hetero) is 2. The number of aliphatic hydroxyl groups is 4. The van der Waals surface area contributed by atoms with Crippen LogP contribution in [0.3, 0.4) is 0 Å². The second-order valence-electron chi connectivity index (χ2n) is 10.3. The van der Waals surface area contributed by atoms with Crippen molar-refractivity contribution in [1.82, 2.24) is 4.90 Å². The topological polar surface area (TPSA) is 182 Å². The molecule has 0 saturated carbocycles. The third kappa shape index (κ3) is 3.87. The van der Waals surface area contributed by atoms with E-state index in [4.69, 9.17) is 5.73 Å². The molecular weight excluding hydrogens is 536 g/mol. The van der Waals surface area contributed by atoms with Gasteiger partial charge >= 0.3 is 0 Å². The maximum atomic E-state index is 13.8. The fourth-order valence-corrected chi connectivity index (χ4v) is 7.52. The zero-order valence-corrected chi connectivity index (χ0v) is 22.6. The third-order valence-electron chi connectivity index (χ3n) is 8.39. The largest absolute Gasteiger partial charge is 0.510 e. The zero-order chi connectivity index (χ0) is 29.1. The van der Waals surface area contributed by atoms with Gasteiger partial charge in [-0.25, -0.2) is 0 Å². The van der Waals surface area contributed by atoms with Gasteiger partial charge < -0.3 is 31.3 Å². The van der Waals surface area contributed by atoms with Crippen molar-refractivity contribution < 1.29 is 39.9 Å². The first-order valence-electron chi connectivity index (χ1n) is 12.8. The Hall–Kier alpha value is -3.64. The molecule has 3 aliphatic rings. The predicted octanol–water partition coefficient (Wildman–Crippen LogP) is 1.81. The Bertz CT molecular complexity index is 1470. The van der Waals surface area contributed by atoms with Crippen LogP contribution in [-0.4, -0.2) is 85.0 Å². The minimum atomic E-state index is -2.94. The minimum absolute atomic E-state index is 0.104. The summed E-state index contributed by atoms with van der Waals surface area (Å²) in [7, 11) is 1.56. The first-order valence-corrected chi connectivity index (χ1v) is 13.8. The summed E-state index contributed by atoms with van der Waals surface area (Å²) < 4.78 is 0. The average Bonchev–Trinajstić information content (AvgIpc) is 2.92. The van der Waals surface area contributed by atoms with Gasteiger partial charge in [0.1, 0.15) is 22.8 Å². The molecule has 3 aliphatic carbocycles. The van der Waals surface area contributed by atoms with Crippen LogP contribution in [0, 0.1) is 11.8 Å². The number of primary amides is 1. The monoisotopic (exact) mass is 566 g/mol. The first kappa shape index (κ1) is 27.9. The molecule has 2 aromatic carbocycles. The van der Waals surface area contributed by atoms with Crippen molar-refractivity contribution in [3.05, 3.63) is 82.3 Å². The number of ketones is 2. The van der Waals surface area contributed by atoms with E-state index in [-0.39, 0.29) is 17.9 Å². The number of aromatic hydroxyl groups is 1. The number of nitrogens with zero attached hydrogens (tertiary/aromatic N) is 1. The number of carbonyl (C=O) groups is 3. The van der Waals surface area contributed by atoms with E-state index < -0.39 is 75.6 Å². The summed E-state index contributed by atoms with van der Waals surface area (Å²) in [5, 5.41) is 57.3. The fraction of sp³-hybridized carbons (Fsp3) is 0.345. The first-order chi connectivity index (χ1) is 19.0.